The number of carbonyl (C=O) groups is 1. The molecule has 3 aromatic carbocycles. The van der Waals surface area contributed by atoms with Gasteiger partial charge in [-0.15, -0.1) is 0 Å². The van der Waals surface area contributed by atoms with Crippen LogP contribution in [0.3, 0.4) is 0 Å². The quantitative estimate of drug-likeness (QED) is 0.278. The Morgan fingerprint density at radius 1 is 0.821 bits per heavy atom. The van der Waals surface area contributed by atoms with Gasteiger partial charge in [0, 0.05) is 12.0 Å². The average Bonchev–Trinajstić information content (AvgIpc) is 2.83. The van der Waals surface area contributed by atoms with E-state index in [1.807, 2.05) is 0 Å². The van der Waals surface area contributed by atoms with Gasteiger partial charge in [0.2, 0.25) is 5.91 Å². The Labute approximate surface area is 216 Å². The summed E-state index contributed by atoms with van der Waals surface area (Å²) in [6.07, 6.45) is -15.7. The lowest BCUT2D eigenvalue weighted by Gasteiger charge is -2.31. The van der Waals surface area contributed by atoms with Crippen LogP contribution in [0.1, 0.15) is 35.1 Å². The second kappa shape index (κ2) is 12.0. The van der Waals surface area contributed by atoms with Gasteiger partial charge in [-0.25, -0.2) is 8.78 Å². The van der Waals surface area contributed by atoms with Crippen molar-refractivity contribution >= 4 is 5.91 Å². The zero-order valence-corrected chi connectivity index (χ0v) is 19.7. The van der Waals surface area contributed by atoms with Crippen molar-refractivity contribution in [2.75, 3.05) is 0 Å². The van der Waals surface area contributed by atoms with Crippen LogP contribution in [0.2, 0.25) is 0 Å². The Hall–Kier alpha value is -3.74. The van der Waals surface area contributed by atoms with Gasteiger partial charge in [-0.2, -0.15) is 30.7 Å². The van der Waals surface area contributed by atoms with E-state index in [9.17, 15) is 44.3 Å². The van der Waals surface area contributed by atoms with Gasteiger partial charge in [-0.1, -0.05) is 42.5 Å². The number of hydrogen-bond acceptors (Lipinski definition) is 3. The smallest absolute Gasteiger partial charge is 0.428 e. The summed E-state index contributed by atoms with van der Waals surface area (Å²) in [5.74, 6) is -5.33. The zero-order chi connectivity index (χ0) is 29.0. The summed E-state index contributed by atoms with van der Waals surface area (Å²) in [5.41, 5.74) is 5.70. The molecule has 1 amide bonds. The molecule has 3 atom stereocenters. The monoisotopic (exact) mass is 564 g/mol. The van der Waals surface area contributed by atoms with Crippen LogP contribution in [0, 0.1) is 11.6 Å². The maximum atomic E-state index is 14.6. The number of alkyl halides is 7. The third kappa shape index (κ3) is 8.12. The topological polar surface area (TPSA) is 64.4 Å². The lowest BCUT2D eigenvalue weighted by Crippen LogP contribution is -2.45. The van der Waals surface area contributed by atoms with Gasteiger partial charge in [0.05, 0.1) is 18.5 Å². The van der Waals surface area contributed by atoms with Gasteiger partial charge in [-0.3, -0.25) is 4.79 Å². The van der Waals surface area contributed by atoms with Crippen LogP contribution in [-0.2, 0) is 4.79 Å². The highest BCUT2D eigenvalue weighted by Gasteiger charge is 2.44. The lowest BCUT2D eigenvalue weighted by molar-refractivity contribution is -0.253. The van der Waals surface area contributed by atoms with Crippen molar-refractivity contribution in [3.05, 3.63) is 101 Å². The highest BCUT2D eigenvalue weighted by atomic mass is 19.4. The summed E-state index contributed by atoms with van der Waals surface area (Å²) >= 11 is 0. The van der Waals surface area contributed by atoms with Crippen LogP contribution < -0.4 is 15.8 Å². The maximum Gasteiger partial charge on any atom is 0.461 e. The highest BCUT2D eigenvalue weighted by Crippen LogP contribution is 2.40. The molecule has 0 fully saturated rings. The molecule has 0 aliphatic rings. The van der Waals surface area contributed by atoms with Crippen LogP contribution in [0.15, 0.2) is 72.8 Å². The first-order chi connectivity index (χ1) is 18.2. The molecule has 4 nitrogen and oxygen atoms in total. The molecule has 0 saturated heterocycles. The Morgan fingerprint density at radius 2 is 1.44 bits per heavy atom. The number of rotatable bonds is 10. The summed E-state index contributed by atoms with van der Waals surface area (Å²) in [6.45, 7) is 0. The Kier molecular flexibility index (Phi) is 9.15. The Balaban J connectivity index is 2.15. The van der Waals surface area contributed by atoms with Crippen LogP contribution in [0.25, 0.3) is 0 Å². The minimum Gasteiger partial charge on any atom is -0.428 e. The molecule has 0 bridgehead atoms. The van der Waals surface area contributed by atoms with Crippen LogP contribution in [-0.4, -0.2) is 30.7 Å². The van der Waals surface area contributed by atoms with Gasteiger partial charge in [0.1, 0.15) is 17.4 Å². The van der Waals surface area contributed by atoms with Crippen molar-refractivity contribution < 1.29 is 49.0 Å². The van der Waals surface area contributed by atoms with Gasteiger partial charge in [-0.05, 0) is 41.0 Å². The van der Waals surface area contributed by atoms with E-state index in [-0.39, 0.29) is 11.1 Å². The summed E-state index contributed by atoms with van der Waals surface area (Å²) < 4.78 is 123. The first-order valence-electron chi connectivity index (χ1n) is 11.2. The van der Waals surface area contributed by atoms with Crippen molar-refractivity contribution in [2.45, 2.75) is 43.1 Å². The molecule has 0 aliphatic carbocycles. The molecule has 3 aromatic rings. The fourth-order valence-corrected chi connectivity index (χ4v) is 3.89. The summed E-state index contributed by atoms with van der Waals surface area (Å²) in [6, 6.07) is 10.7. The lowest BCUT2D eigenvalue weighted by atomic mass is 9.81. The molecule has 13 heteroatoms. The summed E-state index contributed by atoms with van der Waals surface area (Å²) in [4.78, 5) is 12.7. The number of nitrogens with two attached hydrogens (primary N) is 1. The first-order valence-corrected chi connectivity index (χ1v) is 11.2. The number of benzene rings is 3. The van der Waals surface area contributed by atoms with E-state index >= 15 is 0 Å². The standard InChI is InChI=1S/C26H21F9N2O2/c27-17-8-6-15(7-9-17)22(37-23(38)20(36)13-25(31,32)33)21(14-4-2-1-3-5-14)16-10-18(28)12-19(11-16)39-26(34,35)24(29)30/h1-12,20-22,24H,13,36H2,(H,37,38)/t20-,21+,22?/m0/s1. The molecule has 0 aromatic heterocycles. The zero-order valence-electron chi connectivity index (χ0n) is 19.7. The predicted octanol–water partition coefficient (Wildman–Crippen LogP) is 6.47. The Bertz CT molecular complexity index is 1250. The first kappa shape index (κ1) is 29.8. The van der Waals surface area contributed by atoms with Crippen LogP contribution in [0.5, 0.6) is 5.75 Å². The number of ether oxygens (including phenoxy) is 1. The summed E-state index contributed by atoms with van der Waals surface area (Å²) in [5, 5.41) is 2.36. The van der Waals surface area contributed by atoms with E-state index in [4.69, 9.17) is 5.73 Å². The molecule has 0 saturated carbocycles. The van der Waals surface area contributed by atoms with Crippen LogP contribution >= 0.6 is 0 Å². The third-order valence-electron chi connectivity index (χ3n) is 5.57. The van der Waals surface area contributed by atoms with Gasteiger partial charge in [0.15, 0.2) is 0 Å². The number of nitrogens with one attached hydrogen (secondary N) is 1. The summed E-state index contributed by atoms with van der Waals surface area (Å²) in [7, 11) is 0. The molecule has 210 valence electrons. The van der Waals surface area contributed by atoms with Crippen molar-refractivity contribution in [3.63, 3.8) is 0 Å². The molecule has 3 rings (SSSR count). The highest BCUT2D eigenvalue weighted by molar-refractivity contribution is 5.82. The fourth-order valence-electron chi connectivity index (χ4n) is 3.89. The molecular weight excluding hydrogens is 543 g/mol. The molecular formula is C26H21F9N2O2. The third-order valence-corrected chi connectivity index (χ3v) is 5.57. The minimum atomic E-state index is -4.97. The molecule has 1 unspecified atom stereocenters. The van der Waals surface area contributed by atoms with E-state index in [0.717, 1.165) is 24.3 Å². The molecule has 0 spiro atoms. The average molecular weight is 564 g/mol. The van der Waals surface area contributed by atoms with E-state index < -0.39 is 66.4 Å². The minimum absolute atomic E-state index is 0.127. The molecule has 0 aliphatic heterocycles. The largest absolute Gasteiger partial charge is 0.461 e. The second-order valence-corrected chi connectivity index (χ2v) is 8.54. The van der Waals surface area contributed by atoms with Crippen molar-refractivity contribution in [1.29, 1.82) is 0 Å². The molecule has 0 radical (unpaired) electrons. The fraction of sp³-hybridized carbons (Fsp3) is 0.269. The van der Waals surface area contributed by atoms with E-state index in [0.29, 0.717) is 11.6 Å². The number of carbonyl (C=O) groups excluding carboxylic acids is 1. The second-order valence-electron chi connectivity index (χ2n) is 8.54. The molecule has 0 heterocycles. The number of amides is 1. The Morgan fingerprint density at radius 3 is 2.00 bits per heavy atom. The van der Waals surface area contributed by atoms with Crippen molar-refractivity contribution in [1.82, 2.24) is 5.32 Å². The maximum absolute atomic E-state index is 14.6. The number of halogens is 9. The van der Waals surface area contributed by atoms with Crippen LogP contribution in [0.4, 0.5) is 39.5 Å². The van der Waals surface area contributed by atoms with Crippen molar-refractivity contribution in [2.24, 2.45) is 5.73 Å². The normalized spacial score (nSPS) is 14.5. The van der Waals surface area contributed by atoms with E-state index in [1.165, 1.54) is 36.4 Å². The van der Waals surface area contributed by atoms with E-state index in [1.54, 1.807) is 6.07 Å². The van der Waals surface area contributed by atoms with Crippen molar-refractivity contribution in [3.8, 4) is 5.75 Å². The molecule has 3 N–H and O–H groups in total. The predicted molar refractivity (Wildman–Crippen MR) is 122 cm³/mol. The van der Waals surface area contributed by atoms with E-state index in [2.05, 4.69) is 10.1 Å². The van der Waals surface area contributed by atoms with Gasteiger partial charge < -0.3 is 15.8 Å². The van der Waals surface area contributed by atoms with Gasteiger partial charge in [0.25, 0.3) is 0 Å². The molecule has 39 heavy (non-hydrogen) atoms. The number of hydrogen-bond donors (Lipinski definition) is 2. The SMILES string of the molecule is N[C@@H](CC(F)(F)F)C(=O)NC(c1ccc(F)cc1)[C@H](c1ccccc1)c1cc(F)cc(OC(F)(F)C(F)F)c1. The van der Waals surface area contributed by atoms with Gasteiger partial charge >= 0.3 is 18.7 Å².